The van der Waals surface area contributed by atoms with E-state index in [9.17, 15) is 9.59 Å². The topological polar surface area (TPSA) is 104 Å². The summed E-state index contributed by atoms with van der Waals surface area (Å²) in [6, 6.07) is 12.3. The third-order valence-corrected chi connectivity index (χ3v) is 6.11. The average Bonchev–Trinajstić information content (AvgIpc) is 3.41. The summed E-state index contributed by atoms with van der Waals surface area (Å²) in [5.74, 6) is 6.10. The number of anilines is 1. The molecule has 2 aromatic rings. The Morgan fingerprint density at radius 2 is 2.05 bits per heavy atom. The predicted molar refractivity (Wildman–Crippen MR) is 146 cm³/mol. The number of carbonyl (C=O) groups excluding carboxylic acids is 2. The average molecular weight is 495 g/mol. The Bertz CT molecular complexity index is 1320. The second-order valence-electron chi connectivity index (χ2n) is 8.70. The van der Waals surface area contributed by atoms with Crippen LogP contribution in [0.1, 0.15) is 48.5 Å². The number of nitrogens with one attached hydrogen (secondary N) is 1. The first-order chi connectivity index (χ1) is 18.0. The van der Waals surface area contributed by atoms with Gasteiger partial charge in [0.2, 0.25) is 0 Å². The molecule has 0 bridgehead atoms. The summed E-state index contributed by atoms with van der Waals surface area (Å²) in [5.41, 5.74) is 8.98. The Balaban J connectivity index is 1.51. The molecule has 0 radical (unpaired) electrons. The fourth-order valence-electron chi connectivity index (χ4n) is 4.21. The van der Waals surface area contributed by atoms with Crippen molar-refractivity contribution in [3.8, 4) is 11.8 Å². The van der Waals surface area contributed by atoms with Gasteiger partial charge in [0.05, 0.1) is 11.7 Å². The molecule has 3 heterocycles. The number of aromatic nitrogens is 1. The van der Waals surface area contributed by atoms with Crippen molar-refractivity contribution in [1.82, 2.24) is 14.8 Å². The molecule has 8 heteroatoms. The van der Waals surface area contributed by atoms with Gasteiger partial charge in [-0.1, -0.05) is 37.6 Å². The SMILES string of the molecule is C=C([C@@H]1CCCN1C(=O)C#CCCC)N1C=CN=C(N)/C1=C\c1ccc(C(=O)Nc2ccccn2)cc1. The number of hydrogen-bond acceptors (Lipinski definition) is 6. The molecule has 3 N–H and O–H groups in total. The van der Waals surface area contributed by atoms with Gasteiger partial charge < -0.3 is 20.9 Å². The molecule has 8 nitrogen and oxygen atoms in total. The fourth-order valence-corrected chi connectivity index (χ4v) is 4.21. The zero-order valence-electron chi connectivity index (χ0n) is 20.9. The van der Waals surface area contributed by atoms with E-state index < -0.39 is 0 Å². The monoisotopic (exact) mass is 494 g/mol. The largest absolute Gasteiger partial charge is 0.382 e. The maximum absolute atomic E-state index is 12.7. The lowest BCUT2D eigenvalue weighted by Gasteiger charge is -2.33. The third kappa shape index (κ3) is 6.14. The van der Waals surface area contributed by atoms with E-state index in [4.69, 9.17) is 5.73 Å². The van der Waals surface area contributed by atoms with Crippen LogP contribution in [0.25, 0.3) is 6.08 Å². The van der Waals surface area contributed by atoms with E-state index in [-0.39, 0.29) is 17.9 Å². The molecule has 0 saturated carbocycles. The second-order valence-corrected chi connectivity index (χ2v) is 8.70. The van der Waals surface area contributed by atoms with Gasteiger partial charge in [0.25, 0.3) is 11.8 Å². The lowest BCUT2D eigenvalue weighted by atomic mass is 10.1. The first kappa shape index (κ1) is 25.5. The molecule has 1 saturated heterocycles. The second kappa shape index (κ2) is 11.9. The maximum Gasteiger partial charge on any atom is 0.299 e. The van der Waals surface area contributed by atoms with Crippen molar-refractivity contribution < 1.29 is 9.59 Å². The summed E-state index contributed by atoms with van der Waals surface area (Å²) in [6.45, 7) is 6.99. The van der Waals surface area contributed by atoms with Crippen LogP contribution in [-0.2, 0) is 4.79 Å². The van der Waals surface area contributed by atoms with E-state index in [0.717, 1.165) is 30.5 Å². The van der Waals surface area contributed by atoms with Crippen molar-refractivity contribution in [2.24, 2.45) is 10.7 Å². The minimum atomic E-state index is -0.248. The first-order valence-electron chi connectivity index (χ1n) is 12.3. The molecule has 1 aromatic heterocycles. The number of carbonyl (C=O) groups is 2. The summed E-state index contributed by atoms with van der Waals surface area (Å²) in [5, 5.41) is 2.77. The Labute approximate surface area is 217 Å². The van der Waals surface area contributed by atoms with Crippen molar-refractivity contribution in [1.29, 1.82) is 0 Å². The minimum Gasteiger partial charge on any atom is -0.382 e. The predicted octanol–water partition coefficient (Wildman–Crippen LogP) is 4.13. The Hall–Kier alpha value is -4.64. The van der Waals surface area contributed by atoms with E-state index in [1.165, 1.54) is 0 Å². The number of amides is 2. The minimum absolute atomic E-state index is 0.176. The number of nitrogens with two attached hydrogens (primary N) is 1. The van der Waals surface area contributed by atoms with Crippen molar-refractivity contribution >= 4 is 29.5 Å². The highest BCUT2D eigenvalue weighted by atomic mass is 16.2. The van der Waals surface area contributed by atoms with Gasteiger partial charge in [0.1, 0.15) is 11.7 Å². The van der Waals surface area contributed by atoms with E-state index in [1.54, 1.807) is 47.8 Å². The normalized spacial score (nSPS) is 17.7. The lowest BCUT2D eigenvalue weighted by molar-refractivity contribution is -0.125. The summed E-state index contributed by atoms with van der Waals surface area (Å²) in [6.07, 6.45) is 10.2. The molecule has 0 unspecified atom stereocenters. The number of likely N-dealkylation sites (tertiary alicyclic amines) is 1. The van der Waals surface area contributed by atoms with Crippen molar-refractivity contribution in [2.75, 3.05) is 11.9 Å². The molecule has 188 valence electrons. The molecule has 2 amide bonds. The fraction of sp³-hybridized carbons (Fsp3) is 0.241. The molecule has 1 aromatic carbocycles. The van der Waals surface area contributed by atoms with Crippen molar-refractivity contribution in [2.45, 2.75) is 38.6 Å². The first-order valence-corrected chi connectivity index (χ1v) is 12.3. The number of amidine groups is 1. The number of nitrogens with zero attached hydrogens (tertiary/aromatic N) is 4. The van der Waals surface area contributed by atoms with Gasteiger partial charge in [0, 0.05) is 42.8 Å². The van der Waals surface area contributed by atoms with E-state index in [1.807, 2.05) is 36.1 Å². The zero-order chi connectivity index (χ0) is 26.2. The lowest BCUT2D eigenvalue weighted by Crippen LogP contribution is -2.41. The zero-order valence-corrected chi connectivity index (χ0v) is 20.9. The number of pyridine rings is 1. The number of aliphatic imine (C=N–C) groups is 1. The highest BCUT2D eigenvalue weighted by Gasteiger charge is 2.33. The van der Waals surface area contributed by atoms with Crippen molar-refractivity contribution in [3.63, 3.8) is 0 Å². The molecule has 2 aliphatic rings. The number of hydrogen-bond donors (Lipinski definition) is 2. The van der Waals surface area contributed by atoms with E-state index in [2.05, 4.69) is 33.7 Å². The number of unbranched alkanes of at least 4 members (excludes halogenated alkanes) is 1. The van der Waals surface area contributed by atoms with Crippen LogP contribution in [0.4, 0.5) is 5.82 Å². The number of rotatable bonds is 6. The molecule has 1 atom stereocenters. The molecule has 4 rings (SSSR count). The molecule has 37 heavy (non-hydrogen) atoms. The quantitative estimate of drug-likeness (QED) is 0.588. The highest BCUT2D eigenvalue weighted by molar-refractivity contribution is 6.04. The Kier molecular flexibility index (Phi) is 8.16. The molecule has 0 spiro atoms. The number of benzene rings is 1. The van der Waals surface area contributed by atoms with Crippen LogP contribution in [0.3, 0.4) is 0 Å². The standard InChI is InChI=1S/C29H30N6O2/c1-3-4-5-11-27(36)35-18-8-9-24(35)21(2)34-19-17-32-28(30)25(34)20-22-12-14-23(15-13-22)29(37)33-26-10-6-7-16-31-26/h6-7,10,12-17,19-20,24H,2-4,8-9,18H2,1H3,(H2,30,32)(H,31,33,37)/b25-20+/t24-/m0/s1. The molecule has 1 fully saturated rings. The Morgan fingerprint density at radius 3 is 2.78 bits per heavy atom. The highest BCUT2D eigenvalue weighted by Crippen LogP contribution is 2.29. The van der Waals surface area contributed by atoms with Crippen LogP contribution in [0.5, 0.6) is 0 Å². The van der Waals surface area contributed by atoms with E-state index >= 15 is 0 Å². The van der Waals surface area contributed by atoms with Gasteiger partial charge in [-0.15, -0.1) is 0 Å². The molecular weight excluding hydrogens is 464 g/mol. The van der Waals surface area contributed by atoms with Gasteiger partial charge in [0.15, 0.2) is 0 Å². The van der Waals surface area contributed by atoms with Gasteiger partial charge in [-0.05, 0) is 61.1 Å². The summed E-state index contributed by atoms with van der Waals surface area (Å²) in [7, 11) is 0. The van der Waals surface area contributed by atoms with Crippen LogP contribution in [0.15, 0.2) is 84.0 Å². The third-order valence-electron chi connectivity index (χ3n) is 6.11. The van der Waals surface area contributed by atoms with E-state index in [0.29, 0.717) is 35.9 Å². The summed E-state index contributed by atoms with van der Waals surface area (Å²) < 4.78 is 0. The Morgan fingerprint density at radius 1 is 1.24 bits per heavy atom. The van der Waals surface area contributed by atoms with Crippen molar-refractivity contribution in [3.05, 3.63) is 90.2 Å². The van der Waals surface area contributed by atoms with Crippen LogP contribution in [0.2, 0.25) is 0 Å². The summed E-state index contributed by atoms with van der Waals surface area (Å²) >= 11 is 0. The van der Waals surface area contributed by atoms with Crippen LogP contribution in [0, 0.1) is 11.8 Å². The van der Waals surface area contributed by atoms with Crippen LogP contribution in [-0.4, -0.2) is 45.0 Å². The molecule has 2 aliphatic heterocycles. The molecule has 0 aliphatic carbocycles. The van der Waals surface area contributed by atoms with Gasteiger partial charge in [-0.25, -0.2) is 9.98 Å². The van der Waals surface area contributed by atoms with Crippen LogP contribution >= 0.6 is 0 Å². The molecular formula is C29H30N6O2. The smallest absolute Gasteiger partial charge is 0.299 e. The van der Waals surface area contributed by atoms with Gasteiger partial charge >= 0.3 is 0 Å². The maximum atomic E-state index is 12.7. The summed E-state index contributed by atoms with van der Waals surface area (Å²) in [4.78, 5) is 37.3. The van der Waals surface area contributed by atoms with Gasteiger partial charge in [-0.2, -0.15) is 0 Å². The van der Waals surface area contributed by atoms with Crippen LogP contribution < -0.4 is 11.1 Å². The van der Waals surface area contributed by atoms with Gasteiger partial charge in [-0.3, -0.25) is 9.59 Å².